The Kier molecular flexibility index (Phi) is 5.39. The highest BCUT2D eigenvalue weighted by Crippen LogP contribution is 2.49. The van der Waals surface area contributed by atoms with E-state index in [0.29, 0.717) is 0 Å². The van der Waals surface area contributed by atoms with Crippen LogP contribution in [-0.2, 0) is 4.74 Å². The fourth-order valence-electron chi connectivity index (χ4n) is 5.54. The fourth-order valence-corrected chi connectivity index (χ4v) is 5.54. The van der Waals surface area contributed by atoms with E-state index in [9.17, 15) is 10.1 Å². The molecule has 5 rings (SSSR count). The van der Waals surface area contributed by atoms with Crippen molar-refractivity contribution in [1.82, 2.24) is 0 Å². The predicted octanol–water partition coefficient (Wildman–Crippen LogP) is 2.92. The summed E-state index contributed by atoms with van der Waals surface area (Å²) in [6, 6.07) is 14.9. The highest BCUT2D eigenvalue weighted by atomic mass is 16.6. The summed E-state index contributed by atoms with van der Waals surface area (Å²) in [6.45, 7) is 3.30. The van der Waals surface area contributed by atoms with Gasteiger partial charge in [0, 0.05) is 29.7 Å². The molecule has 0 amide bonds. The minimum atomic E-state index is -0.346. The molecule has 0 unspecified atom stereocenters. The first-order valence-electron chi connectivity index (χ1n) is 11.1. The van der Waals surface area contributed by atoms with Crippen molar-refractivity contribution in [1.29, 1.82) is 0 Å². The Balaban J connectivity index is 1.63. The van der Waals surface area contributed by atoms with E-state index in [0.717, 1.165) is 68.9 Å². The van der Waals surface area contributed by atoms with Gasteiger partial charge < -0.3 is 9.47 Å². The van der Waals surface area contributed by atoms with Gasteiger partial charge in [0.25, 0.3) is 5.69 Å². The summed E-state index contributed by atoms with van der Waals surface area (Å²) in [5.74, 6) is 7.72. The first kappa shape index (κ1) is 20.0. The van der Waals surface area contributed by atoms with E-state index in [4.69, 9.17) is 9.47 Å². The molecule has 160 valence electrons. The van der Waals surface area contributed by atoms with Gasteiger partial charge in [0.1, 0.15) is 18.8 Å². The maximum absolute atomic E-state index is 11.5. The van der Waals surface area contributed by atoms with Crippen molar-refractivity contribution in [2.75, 3.05) is 26.3 Å². The Morgan fingerprint density at radius 1 is 1.10 bits per heavy atom. The average Bonchev–Trinajstić information content (AvgIpc) is 2.82. The van der Waals surface area contributed by atoms with E-state index >= 15 is 0 Å². The smallest absolute Gasteiger partial charge is 0.270 e. The van der Waals surface area contributed by atoms with Gasteiger partial charge in [-0.3, -0.25) is 15.0 Å². The van der Waals surface area contributed by atoms with Crippen LogP contribution in [0.2, 0.25) is 0 Å². The van der Waals surface area contributed by atoms with Crippen LogP contribution >= 0.6 is 0 Å². The number of morpholine rings is 1. The standard InChI is InChI=1S/C25H26N2O4/c28-27(29)20-10-12-24-22(18-20)21(11-9-19-6-2-1-3-7-19)23-8-4-5-13-25(23,31-24)26-14-16-30-17-15-26/h1-3,6-7,10,12,18,21,23H,4-5,8,13-17H2/p+1/t21-,23-,25+/m0/s1. The van der Waals surface area contributed by atoms with Crippen LogP contribution in [0.4, 0.5) is 5.69 Å². The monoisotopic (exact) mass is 419 g/mol. The summed E-state index contributed by atoms with van der Waals surface area (Å²) in [5, 5.41) is 11.5. The third-order valence-electron chi connectivity index (χ3n) is 6.99. The molecule has 2 aromatic carbocycles. The van der Waals surface area contributed by atoms with Crippen molar-refractivity contribution in [3.63, 3.8) is 0 Å². The van der Waals surface area contributed by atoms with Crippen LogP contribution in [0, 0.1) is 27.9 Å². The molecule has 0 radical (unpaired) electrons. The SMILES string of the molecule is O=[N+]([O-])c1ccc2c(c1)[C@H](C#Cc1ccccc1)[C@@H]1CCCC[C@@]1([NH+]1CCOCC1)O2. The highest BCUT2D eigenvalue weighted by molar-refractivity contribution is 5.51. The van der Waals surface area contributed by atoms with Crippen molar-refractivity contribution in [2.45, 2.75) is 37.3 Å². The second kappa shape index (κ2) is 8.33. The number of rotatable bonds is 2. The van der Waals surface area contributed by atoms with Crippen molar-refractivity contribution in [2.24, 2.45) is 5.92 Å². The van der Waals surface area contributed by atoms with Crippen LogP contribution < -0.4 is 9.64 Å². The van der Waals surface area contributed by atoms with Crippen molar-refractivity contribution in [3.8, 4) is 17.6 Å². The second-order valence-corrected chi connectivity index (χ2v) is 8.65. The van der Waals surface area contributed by atoms with Gasteiger partial charge in [-0.1, -0.05) is 36.5 Å². The molecule has 3 aliphatic rings. The van der Waals surface area contributed by atoms with Gasteiger partial charge in [-0.05, 0) is 31.0 Å². The Labute approximate surface area is 182 Å². The van der Waals surface area contributed by atoms with E-state index in [2.05, 4.69) is 11.8 Å². The number of fused-ring (bicyclic) bond motifs is 2. The number of quaternary nitrogens is 1. The first-order chi connectivity index (χ1) is 15.2. The van der Waals surface area contributed by atoms with Crippen molar-refractivity contribution in [3.05, 3.63) is 69.8 Å². The Morgan fingerprint density at radius 2 is 1.90 bits per heavy atom. The number of hydrogen-bond donors (Lipinski definition) is 1. The van der Waals surface area contributed by atoms with Crippen LogP contribution in [0.3, 0.4) is 0 Å². The molecule has 2 aliphatic heterocycles. The maximum atomic E-state index is 11.5. The van der Waals surface area contributed by atoms with Gasteiger partial charge in [-0.15, -0.1) is 0 Å². The van der Waals surface area contributed by atoms with Gasteiger partial charge in [0.05, 0.1) is 30.0 Å². The minimum Gasteiger partial charge on any atom is -0.440 e. The van der Waals surface area contributed by atoms with E-state index in [1.807, 2.05) is 30.3 Å². The van der Waals surface area contributed by atoms with Crippen molar-refractivity contribution < 1.29 is 19.3 Å². The molecular weight excluding hydrogens is 392 g/mol. The fraction of sp³-hybridized carbons (Fsp3) is 0.440. The summed E-state index contributed by atoms with van der Waals surface area (Å²) in [5.41, 5.74) is 1.56. The van der Waals surface area contributed by atoms with Gasteiger partial charge in [0.2, 0.25) is 5.72 Å². The minimum absolute atomic E-state index is 0.0934. The number of non-ortho nitro benzene ring substituents is 1. The zero-order valence-electron chi connectivity index (χ0n) is 17.5. The van der Waals surface area contributed by atoms with Crippen LogP contribution in [0.25, 0.3) is 0 Å². The molecule has 1 saturated carbocycles. The summed E-state index contributed by atoms with van der Waals surface area (Å²) < 4.78 is 12.4. The molecule has 6 heteroatoms. The summed E-state index contributed by atoms with van der Waals surface area (Å²) in [7, 11) is 0. The third-order valence-corrected chi connectivity index (χ3v) is 6.99. The normalized spacial score (nSPS) is 27.7. The Hall–Kier alpha value is -2.88. The zero-order valence-corrected chi connectivity index (χ0v) is 17.5. The lowest BCUT2D eigenvalue weighted by Crippen LogP contribution is -3.24. The molecule has 0 aromatic heterocycles. The number of nitro groups is 1. The number of nitrogens with zero attached hydrogens (tertiary/aromatic N) is 1. The molecule has 1 saturated heterocycles. The molecule has 0 spiro atoms. The Bertz CT molecular complexity index is 1020. The second-order valence-electron chi connectivity index (χ2n) is 8.65. The lowest BCUT2D eigenvalue weighted by atomic mass is 9.68. The number of benzene rings is 2. The molecule has 2 fully saturated rings. The quantitative estimate of drug-likeness (QED) is 0.462. The number of ether oxygens (including phenoxy) is 2. The number of hydrogen-bond acceptors (Lipinski definition) is 4. The molecule has 2 heterocycles. The molecular formula is C25H27N2O4+. The topological polar surface area (TPSA) is 66.0 Å². The predicted molar refractivity (Wildman–Crippen MR) is 116 cm³/mol. The molecule has 2 aromatic rings. The van der Waals surface area contributed by atoms with Crippen LogP contribution in [-0.4, -0.2) is 37.0 Å². The highest BCUT2D eigenvalue weighted by Gasteiger charge is 2.57. The molecule has 1 aliphatic carbocycles. The Morgan fingerprint density at radius 3 is 2.68 bits per heavy atom. The van der Waals surface area contributed by atoms with E-state index < -0.39 is 0 Å². The van der Waals surface area contributed by atoms with Gasteiger partial charge >= 0.3 is 0 Å². The number of nitrogens with one attached hydrogen (secondary N) is 1. The summed E-state index contributed by atoms with van der Waals surface area (Å²) in [4.78, 5) is 12.6. The maximum Gasteiger partial charge on any atom is 0.270 e. The van der Waals surface area contributed by atoms with Gasteiger partial charge in [-0.25, -0.2) is 0 Å². The zero-order chi connectivity index (χ0) is 21.3. The van der Waals surface area contributed by atoms with E-state index in [1.165, 1.54) is 4.90 Å². The molecule has 1 N–H and O–H groups in total. The van der Waals surface area contributed by atoms with Crippen LogP contribution in [0.5, 0.6) is 5.75 Å². The van der Waals surface area contributed by atoms with Crippen LogP contribution in [0.15, 0.2) is 48.5 Å². The molecule has 31 heavy (non-hydrogen) atoms. The largest absolute Gasteiger partial charge is 0.440 e. The van der Waals surface area contributed by atoms with E-state index in [1.54, 1.807) is 18.2 Å². The molecule has 3 atom stereocenters. The molecule has 0 bridgehead atoms. The van der Waals surface area contributed by atoms with Crippen LogP contribution in [0.1, 0.15) is 42.7 Å². The first-order valence-corrected chi connectivity index (χ1v) is 11.1. The lowest BCUT2D eigenvalue weighted by molar-refractivity contribution is -0.987. The summed E-state index contributed by atoms with van der Waals surface area (Å²) >= 11 is 0. The molecule has 6 nitrogen and oxygen atoms in total. The lowest BCUT2D eigenvalue weighted by Gasteiger charge is -2.52. The average molecular weight is 420 g/mol. The summed E-state index contributed by atoms with van der Waals surface area (Å²) in [6.07, 6.45) is 4.25. The number of nitro benzene ring substituents is 1. The van der Waals surface area contributed by atoms with E-state index in [-0.39, 0.29) is 28.2 Å². The van der Waals surface area contributed by atoms with Crippen molar-refractivity contribution >= 4 is 5.69 Å². The van der Waals surface area contributed by atoms with Gasteiger partial charge in [0.15, 0.2) is 0 Å². The van der Waals surface area contributed by atoms with Gasteiger partial charge in [-0.2, -0.15) is 0 Å². The third kappa shape index (κ3) is 3.69.